The van der Waals surface area contributed by atoms with Crippen molar-refractivity contribution in [3.63, 3.8) is 0 Å². The van der Waals surface area contributed by atoms with Gasteiger partial charge in [-0.05, 0) is 24.2 Å². The van der Waals surface area contributed by atoms with Gasteiger partial charge in [0.15, 0.2) is 4.34 Å². The minimum atomic E-state index is -4.92. The van der Waals surface area contributed by atoms with Crippen LogP contribution in [0.2, 0.25) is 0 Å². The molecule has 0 radical (unpaired) electrons. The fraction of sp³-hybridized carbons (Fsp3) is 0.333. The topological polar surface area (TPSA) is 25.8 Å². The zero-order chi connectivity index (χ0) is 10.8. The summed E-state index contributed by atoms with van der Waals surface area (Å²) in [6.45, 7) is -0.238. The summed E-state index contributed by atoms with van der Waals surface area (Å²) in [7, 11) is 0. The minimum absolute atomic E-state index is 0. The Hall–Kier alpha value is 1.14. The normalized spacial score (nSPS) is 10.9. The van der Waals surface area contributed by atoms with Crippen molar-refractivity contribution in [1.82, 2.24) is 9.36 Å². The van der Waals surface area contributed by atoms with E-state index in [2.05, 4.69) is 15.9 Å². The smallest absolute Gasteiger partial charge is 0.445 e. The molecule has 9 heteroatoms. The van der Waals surface area contributed by atoms with Gasteiger partial charge < -0.3 is 12.9 Å². The largest absolute Gasteiger partial charge is 1.00 e. The summed E-state index contributed by atoms with van der Waals surface area (Å²) >= 11 is 2.12. The Morgan fingerprint density at radius 1 is 1.53 bits per heavy atom. The Kier molecular flexibility index (Phi) is 7.29. The quantitative estimate of drug-likeness (QED) is 0.567. The van der Waals surface area contributed by atoms with Crippen LogP contribution in [0.4, 0.5) is 12.9 Å². The number of rotatable bonds is 4. The summed E-state index contributed by atoms with van der Waals surface area (Å²) in [4.78, 5) is 3.93. The Morgan fingerprint density at radius 3 is 2.53 bits per heavy atom. The fourth-order valence-corrected chi connectivity index (χ4v) is 2.20. The van der Waals surface area contributed by atoms with Gasteiger partial charge >= 0.3 is 58.4 Å². The maximum absolute atomic E-state index is 12.1. The van der Waals surface area contributed by atoms with E-state index in [1.165, 1.54) is 0 Å². The summed E-state index contributed by atoms with van der Waals surface area (Å²) in [5.41, 5.74) is -0.692. The van der Waals surface area contributed by atoms with E-state index in [1.54, 1.807) is 6.92 Å². The van der Waals surface area contributed by atoms with Crippen LogP contribution < -0.4 is 51.4 Å². The first-order valence-corrected chi connectivity index (χ1v) is 5.46. The molecule has 78 valence electrons. The van der Waals surface area contributed by atoms with Gasteiger partial charge in [-0.2, -0.15) is 4.37 Å². The third-order valence-corrected chi connectivity index (χ3v) is 3.39. The molecule has 15 heavy (non-hydrogen) atoms. The molecule has 0 fully saturated rings. The van der Waals surface area contributed by atoms with Crippen LogP contribution in [-0.2, 0) is 0 Å². The molecule has 0 saturated carbocycles. The molecule has 0 spiro atoms. The second-order valence-corrected chi connectivity index (χ2v) is 4.60. The van der Waals surface area contributed by atoms with Gasteiger partial charge in [-0.25, -0.2) is 4.98 Å². The number of halogens is 3. The third-order valence-electron chi connectivity index (χ3n) is 1.35. The Morgan fingerprint density at radius 2 is 2.13 bits per heavy atom. The Labute approximate surface area is 137 Å². The van der Waals surface area contributed by atoms with Crippen molar-refractivity contribution < 1.29 is 64.3 Å². The van der Waals surface area contributed by atoms with Gasteiger partial charge in [0.2, 0.25) is 0 Å². The first kappa shape index (κ1) is 16.1. The molecule has 0 aromatic carbocycles. The predicted molar refractivity (Wildman–Crippen MR) is 53.6 cm³/mol. The van der Waals surface area contributed by atoms with Crippen molar-refractivity contribution in [1.29, 1.82) is 0 Å². The summed E-state index contributed by atoms with van der Waals surface area (Å²) in [6, 6.07) is 0. The zero-order valence-electron chi connectivity index (χ0n) is 8.34. The van der Waals surface area contributed by atoms with E-state index < -0.39 is 12.4 Å². The van der Waals surface area contributed by atoms with Crippen LogP contribution in [0.25, 0.3) is 0 Å². The van der Waals surface area contributed by atoms with Crippen LogP contribution in [0.5, 0.6) is 0 Å². The molecule has 1 aromatic heterocycles. The molecule has 0 atom stereocenters. The van der Waals surface area contributed by atoms with Crippen molar-refractivity contribution in [2.45, 2.75) is 11.3 Å². The van der Waals surface area contributed by atoms with Crippen LogP contribution in [0.15, 0.2) is 16.4 Å². The molecule has 1 aromatic rings. The Balaban J connectivity index is 0.00000196. The fourth-order valence-electron chi connectivity index (χ4n) is 0.586. The van der Waals surface area contributed by atoms with Gasteiger partial charge in [-0.15, -0.1) is 12.1 Å². The summed E-state index contributed by atoms with van der Waals surface area (Å²) in [5, 5.41) is 0. The molecule has 0 bridgehead atoms. The third kappa shape index (κ3) is 5.85. The summed E-state index contributed by atoms with van der Waals surface area (Å²) < 4.78 is 40.6. The van der Waals surface area contributed by atoms with Crippen molar-refractivity contribution in [2.75, 3.05) is 5.75 Å². The minimum Gasteiger partial charge on any atom is -0.445 e. The van der Waals surface area contributed by atoms with Crippen molar-refractivity contribution in [3.8, 4) is 0 Å². The number of hydrogen-bond donors (Lipinski definition) is 0. The molecule has 0 aliphatic heterocycles. The van der Waals surface area contributed by atoms with Gasteiger partial charge in [0.25, 0.3) is 0 Å². The van der Waals surface area contributed by atoms with Crippen molar-refractivity contribution in [2.24, 2.45) is 0 Å². The average molecular weight is 278 g/mol. The van der Waals surface area contributed by atoms with Crippen molar-refractivity contribution >= 4 is 30.3 Å². The SMILES string of the molecule is C=C(CSc1nc(C)ns1)[B-](F)(F)F.[K+]. The average Bonchev–Trinajstić information content (AvgIpc) is 2.45. The van der Waals surface area contributed by atoms with Gasteiger partial charge in [0.05, 0.1) is 0 Å². The second-order valence-electron chi connectivity index (χ2n) is 2.63. The number of nitrogens with zero attached hydrogens (tertiary/aromatic N) is 2. The standard InChI is InChI=1S/C6H7BF3N2S2.K/c1-4(7(8,9)10)3-13-6-11-5(2)12-14-6;/h1,3H2,2H3;/q-1;+1. The first-order valence-electron chi connectivity index (χ1n) is 3.70. The number of aryl methyl sites for hydroxylation is 1. The molecule has 0 saturated heterocycles. The van der Waals surface area contributed by atoms with E-state index in [9.17, 15) is 12.9 Å². The number of thioether (sulfide) groups is 1. The van der Waals surface area contributed by atoms with Gasteiger partial charge in [0, 0.05) is 0 Å². The molecule has 0 aliphatic carbocycles. The van der Waals surface area contributed by atoms with Crippen molar-refractivity contribution in [3.05, 3.63) is 17.9 Å². The Bertz CT molecular complexity index is 341. The number of aromatic nitrogens is 2. The predicted octanol–water partition coefficient (Wildman–Crippen LogP) is -0.115. The first-order chi connectivity index (χ1) is 6.39. The van der Waals surface area contributed by atoms with E-state index in [-0.39, 0.29) is 57.1 Å². The molecule has 0 N–H and O–H groups in total. The van der Waals surface area contributed by atoms with Crippen LogP contribution in [-0.4, -0.2) is 22.1 Å². The van der Waals surface area contributed by atoms with E-state index in [4.69, 9.17) is 0 Å². The zero-order valence-corrected chi connectivity index (χ0v) is 13.1. The molecular weight excluding hydrogens is 271 g/mol. The molecule has 0 amide bonds. The van der Waals surface area contributed by atoms with Crippen LogP contribution in [0, 0.1) is 6.92 Å². The molecule has 1 rings (SSSR count). The van der Waals surface area contributed by atoms with Crippen LogP contribution in [0.1, 0.15) is 5.82 Å². The number of hydrogen-bond acceptors (Lipinski definition) is 4. The second kappa shape index (κ2) is 6.77. The maximum atomic E-state index is 12.1. The molecule has 1 heterocycles. The molecule has 2 nitrogen and oxygen atoms in total. The van der Waals surface area contributed by atoms with Gasteiger partial charge in [0.1, 0.15) is 5.82 Å². The van der Waals surface area contributed by atoms with E-state index in [1.807, 2.05) is 0 Å². The van der Waals surface area contributed by atoms with E-state index in [0.29, 0.717) is 10.2 Å². The summed E-state index contributed by atoms with van der Waals surface area (Å²) in [5.74, 6) is 0.415. The molecule has 0 unspecified atom stereocenters. The van der Waals surface area contributed by atoms with Gasteiger partial charge in [-0.3, -0.25) is 0 Å². The van der Waals surface area contributed by atoms with Gasteiger partial charge in [-0.1, -0.05) is 11.8 Å². The van der Waals surface area contributed by atoms with E-state index >= 15 is 0 Å². The maximum Gasteiger partial charge on any atom is 1.00 e. The molecular formula is C6H7BF3KN2S2. The van der Waals surface area contributed by atoms with Crippen LogP contribution in [0.3, 0.4) is 0 Å². The monoisotopic (exact) mass is 278 g/mol. The summed E-state index contributed by atoms with van der Waals surface area (Å²) in [6.07, 6.45) is 0. The van der Waals surface area contributed by atoms with Crippen LogP contribution >= 0.6 is 23.3 Å². The van der Waals surface area contributed by atoms with E-state index in [0.717, 1.165) is 23.3 Å². The molecule has 0 aliphatic rings.